The molecule has 0 saturated heterocycles. The second kappa shape index (κ2) is 5.91. The van der Waals surface area contributed by atoms with E-state index in [2.05, 4.69) is 43.4 Å². The van der Waals surface area contributed by atoms with Crippen LogP contribution >= 0.6 is 0 Å². The van der Waals surface area contributed by atoms with Gasteiger partial charge in [-0.1, -0.05) is 13.3 Å². The number of nitrogens with one attached hydrogen (secondary N) is 1. The van der Waals surface area contributed by atoms with Gasteiger partial charge in [-0.05, 0) is 45.8 Å². The molecule has 0 amide bonds. The lowest BCUT2D eigenvalue weighted by Gasteiger charge is -2.12. The van der Waals surface area contributed by atoms with E-state index in [4.69, 9.17) is 0 Å². The topological polar surface area (TPSA) is 29.9 Å². The molecule has 15 heavy (non-hydrogen) atoms. The van der Waals surface area contributed by atoms with Crippen molar-refractivity contribution in [3.8, 4) is 0 Å². The Bertz CT molecular complexity index is 278. The Labute approximate surface area is 92.9 Å². The summed E-state index contributed by atoms with van der Waals surface area (Å²) in [5.74, 6) is 0.700. The molecule has 1 N–H and O–H groups in total. The summed E-state index contributed by atoms with van der Waals surface area (Å²) >= 11 is 0. The maximum absolute atomic E-state index is 4.57. The second-order valence-electron chi connectivity index (χ2n) is 4.42. The van der Waals surface area contributed by atoms with Crippen LogP contribution in [0.1, 0.15) is 38.9 Å². The average Bonchev–Trinajstić information content (AvgIpc) is 2.65. The van der Waals surface area contributed by atoms with E-state index >= 15 is 0 Å². The van der Waals surface area contributed by atoms with Gasteiger partial charge in [0.2, 0.25) is 0 Å². The van der Waals surface area contributed by atoms with Crippen LogP contribution in [-0.2, 0) is 6.42 Å². The van der Waals surface area contributed by atoms with Gasteiger partial charge < -0.3 is 5.32 Å². The van der Waals surface area contributed by atoms with Crippen LogP contribution in [0.5, 0.6) is 0 Å². The maximum atomic E-state index is 4.57. The summed E-state index contributed by atoms with van der Waals surface area (Å²) < 4.78 is 2.03. The predicted molar refractivity (Wildman–Crippen MR) is 64.0 cm³/mol. The summed E-state index contributed by atoms with van der Waals surface area (Å²) in [6.45, 7) is 7.62. The number of nitrogens with zero attached hydrogens (tertiary/aromatic N) is 2. The molecule has 0 aliphatic carbocycles. The molecule has 3 nitrogen and oxygen atoms in total. The zero-order valence-electron chi connectivity index (χ0n) is 10.3. The van der Waals surface area contributed by atoms with Crippen LogP contribution in [0.15, 0.2) is 12.3 Å². The zero-order valence-corrected chi connectivity index (χ0v) is 10.3. The monoisotopic (exact) mass is 209 g/mol. The van der Waals surface area contributed by atoms with Crippen molar-refractivity contribution in [3.05, 3.63) is 18.0 Å². The van der Waals surface area contributed by atoms with Crippen LogP contribution in [0.2, 0.25) is 0 Å². The lowest BCUT2D eigenvalue weighted by molar-refractivity contribution is 0.465. The largest absolute Gasteiger partial charge is 0.319 e. The van der Waals surface area contributed by atoms with Gasteiger partial charge in [0.25, 0.3) is 0 Å². The fourth-order valence-corrected chi connectivity index (χ4v) is 1.72. The average molecular weight is 209 g/mol. The highest BCUT2D eigenvalue weighted by atomic mass is 15.3. The van der Waals surface area contributed by atoms with Crippen molar-refractivity contribution in [2.75, 3.05) is 13.6 Å². The molecule has 86 valence electrons. The minimum Gasteiger partial charge on any atom is -0.319 e. The van der Waals surface area contributed by atoms with E-state index in [9.17, 15) is 0 Å². The minimum absolute atomic E-state index is 0.461. The van der Waals surface area contributed by atoms with E-state index < -0.39 is 0 Å². The van der Waals surface area contributed by atoms with E-state index in [0.29, 0.717) is 12.0 Å². The quantitative estimate of drug-likeness (QED) is 0.779. The third-order valence-corrected chi connectivity index (χ3v) is 2.76. The Kier molecular flexibility index (Phi) is 4.82. The third kappa shape index (κ3) is 3.67. The Balaban J connectivity index is 2.55. The first-order valence-electron chi connectivity index (χ1n) is 5.86. The first-order valence-corrected chi connectivity index (χ1v) is 5.86. The van der Waals surface area contributed by atoms with Crippen molar-refractivity contribution in [1.82, 2.24) is 15.1 Å². The fourth-order valence-electron chi connectivity index (χ4n) is 1.72. The standard InChI is InChI=1S/C12H23N3/c1-5-11(9-13-4)8-12-6-7-15(14-12)10(2)3/h6-7,10-11,13H,5,8-9H2,1-4H3. The number of hydrogen-bond acceptors (Lipinski definition) is 2. The SMILES string of the molecule is CCC(CNC)Cc1ccn(C(C)C)n1. The summed E-state index contributed by atoms with van der Waals surface area (Å²) in [5.41, 5.74) is 1.21. The molecule has 0 radical (unpaired) electrons. The first-order chi connectivity index (χ1) is 7.17. The molecular formula is C12H23N3. The smallest absolute Gasteiger partial charge is 0.0627 e. The molecule has 0 aliphatic heterocycles. The normalized spacial score (nSPS) is 13.4. The lowest BCUT2D eigenvalue weighted by Crippen LogP contribution is -2.20. The minimum atomic E-state index is 0.461. The second-order valence-corrected chi connectivity index (χ2v) is 4.42. The molecule has 1 rings (SSSR count). The van der Waals surface area contributed by atoms with Crippen LogP contribution in [0, 0.1) is 5.92 Å². The summed E-state index contributed by atoms with van der Waals surface area (Å²) in [7, 11) is 2.01. The zero-order chi connectivity index (χ0) is 11.3. The van der Waals surface area contributed by atoms with Gasteiger partial charge in [-0.3, -0.25) is 4.68 Å². The highest BCUT2D eigenvalue weighted by Crippen LogP contribution is 2.11. The van der Waals surface area contributed by atoms with Crippen LogP contribution in [0.25, 0.3) is 0 Å². The van der Waals surface area contributed by atoms with Gasteiger partial charge in [0.1, 0.15) is 0 Å². The molecule has 0 aliphatic rings. The highest BCUT2D eigenvalue weighted by molar-refractivity contribution is 5.01. The molecule has 1 unspecified atom stereocenters. The van der Waals surface area contributed by atoms with Gasteiger partial charge >= 0.3 is 0 Å². The third-order valence-electron chi connectivity index (χ3n) is 2.76. The van der Waals surface area contributed by atoms with Gasteiger partial charge in [0.05, 0.1) is 5.69 Å². The Morgan fingerprint density at radius 1 is 1.47 bits per heavy atom. The fraction of sp³-hybridized carbons (Fsp3) is 0.750. The molecule has 0 aromatic carbocycles. The summed E-state index contributed by atoms with van der Waals surface area (Å²) in [4.78, 5) is 0. The molecule has 1 heterocycles. The van der Waals surface area contributed by atoms with E-state index in [-0.39, 0.29) is 0 Å². The van der Waals surface area contributed by atoms with E-state index in [1.807, 2.05) is 11.7 Å². The van der Waals surface area contributed by atoms with E-state index in [0.717, 1.165) is 13.0 Å². The Morgan fingerprint density at radius 3 is 2.67 bits per heavy atom. The first kappa shape index (κ1) is 12.2. The number of hydrogen-bond donors (Lipinski definition) is 1. The molecular weight excluding hydrogens is 186 g/mol. The lowest BCUT2D eigenvalue weighted by atomic mass is 10.0. The van der Waals surface area contributed by atoms with Crippen molar-refractivity contribution in [2.24, 2.45) is 5.92 Å². The van der Waals surface area contributed by atoms with Crippen molar-refractivity contribution >= 4 is 0 Å². The van der Waals surface area contributed by atoms with Crippen LogP contribution in [0.4, 0.5) is 0 Å². The molecule has 1 atom stereocenters. The maximum Gasteiger partial charge on any atom is 0.0627 e. The molecule has 3 heteroatoms. The van der Waals surface area contributed by atoms with Crippen molar-refractivity contribution in [1.29, 1.82) is 0 Å². The van der Waals surface area contributed by atoms with Gasteiger partial charge in [0.15, 0.2) is 0 Å². The molecule has 0 saturated carbocycles. The van der Waals surface area contributed by atoms with E-state index in [1.165, 1.54) is 12.1 Å². The highest BCUT2D eigenvalue weighted by Gasteiger charge is 2.09. The Hall–Kier alpha value is -0.830. The predicted octanol–water partition coefficient (Wildman–Crippen LogP) is 2.25. The Morgan fingerprint density at radius 2 is 2.20 bits per heavy atom. The van der Waals surface area contributed by atoms with E-state index in [1.54, 1.807) is 0 Å². The van der Waals surface area contributed by atoms with Crippen LogP contribution in [0.3, 0.4) is 0 Å². The summed E-state index contributed by atoms with van der Waals surface area (Å²) in [5, 5.41) is 7.80. The molecule has 0 bridgehead atoms. The number of aromatic nitrogens is 2. The molecule has 0 fully saturated rings. The number of rotatable bonds is 6. The summed E-state index contributed by atoms with van der Waals surface area (Å²) in [6, 6.07) is 2.60. The van der Waals surface area contributed by atoms with Crippen LogP contribution < -0.4 is 5.32 Å². The molecule has 1 aromatic rings. The van der Waals surface area contributed by atoms with Crippen molar-refractivity contribution in [3.63, 3.8) is 0 Å². The van der Waals surface area contributed by atoms with Gasteiger partial charge in [-0.25, -0.2) is 0 Å². The van der Waals surface area contributed by atoms with Crippen molar-refractivity contribution < 1.29 is 0 Å². The van der Waals surface area contributed by atoms with Gasteiger partial charge in [0, 0.05) is 12.2 Å². The van der Waals surface area contributed by atoms with Crippen molar-refractivity contribution in [2.45, 2.75) is 39.7 Å². The molecule has 1 aromatic heterocycles. The molecule has 0 spiro atoms. The summed E-state index contributed by atoms with van der Waals surface area (Å²) in [6.07, 6.45) is 4.36. The van der Waals surface area contributed by atoms with Gasteiger partial charge in [-0.15, -0.1) is 0 Å². The van der Waals surface area contributed by atoms with Gasteiger partial charge in [-0.2, -0.15) is 5.10 Å². The van der Waals surface area contributed by atoms with Crippen LogP contribution in [-0.4, -0.2) is 23.4 Å².